The third-order valence-corrected chi connectivity index (χ3v) is 4.98. The molecule has 1 heterocycles. The largest absolute Gasteiger partial charge is 0.343 e. The Kier molecular flexibility index (Phi) is 6.16. The monoisotopic (exact) mass is 382 g/mol. The Labute approximate surface area is 162 Å². The fourth-order valence-corrected chi connectivity index (χ4v) is 3.71. The number of fused-ring (bicyclic) bond motifs is 1. The molecule has 0 aliphatic heterocycles. The van der Waals surface area contributed by atoms with Crippen molar-refractivity contribution in [1.82, 2.24) is 15.6 Å². The van der Waals surface area contributed by atoms with E-state index in [1.165, 1.54) is 11.3 Å². The van der Waals surface area contributed by atoms with Gasteiger partial charge in [-0.3, -0.25) is 9.59 Å². The molecule has 0 saturated carbocycles. The molecule has 7 heteroatoms. The molecule has 3 rings (SSSR count). The van der Waals surface area contributed by atoms with Crippen molar-refractivity contribution in [2.24, 2.45) is 0 Å². The van der Waals surface area contributed by atoms with Crippen LogP contribution in [-0.2, 0) is 16.0 Å². The summed E-state index contributed by atoms with van der Waals surface area (Å²) in [5, 5.41) is 8.97. The van der Waals surface area contributed by atoms with Crippen LogP contribution in [-0.4, -0.2) is 36.4 Å². The van der Waals surface area contributed by atoms with Gasteiger partial charge in [-0.2, -0.15) is 0 Å². The van der Waals surface area contributed by atoms with Crippen LogP contribution in [0.5, 0.6) is 0 Å². The summed E-state index contributed by atoms with van der Waals surface area (Å²) in [5.74, 6) is -0.507. The van der Waals surface area contributed by atoms with E-state index in [0.717, 1.165) is 21.3 Å². The maximum Gasteiger partial charge on any atom is 0.249 e. The van der Waals surface area contributed by atoms with E-state index in [1.54, 1.807) is 7.05 Å². The summed E-state index contributed by atoms with van der Waals surface area (Å²) in [7, 11) is 1.69. The topological polar surface area (TPSA) is 83.1 Å². The predicted octanol–water partition coefficient (Wildman–Crippen LogP) is 2.49. The Hall–Kier alpha value is -2.77. The number of hydrogen-bond donors (Lipinski definition) is 3. The van der Waals surface area contributed by atoms with Crippen LogP contribution in [0.1, 0.15) is 11.1 Å². The molecule has 140 valence electrons. The highest BCUT2D eigenvalue weighted by atomic mass is 32.1. The average molecular weight is 382 g/mol. The molecule has 0 aliphatic rings. The van der Waals surface area contributed by atoms with Gasteiger partial charge in [0.2, 0.25) is 11.8 Å². The molecule has 0 spiro atoms. The molecule has 1 atom stereocenters. The number of likely N-dealkylation sites (N-methyl/N-ethyl adjacent to an activating group) is 1. The Morgan fingerprint density at radius 1 is 1.15 bits per heavy atom. The lowest BCUT2D eigenvalue weighted by Crippen LogP contribution is -2.47. The van der Waals surface area contributed by atoms with E-state index in [-0.39, 0.29) is 18.4 Å². The lowest BCUT2D eigenvalue weighted by atomic mass is 10.1. The number of anilines is 1. The van der Waals surface area contributed by atoms with Gasteiger partial charge in [0.05, 0.1) is 16.8 Å². The second kappa shape index (κ2) is 8.75. The van der Waals surface area contributed by atoms with Crippen LogP contribution in [0.3, 0.4) is 0 Å². The molecule has 0 radical (unpaired) electrons. The van der Waals surface area contributed by atoms with Crippen LogP contribution in [0.4, 0.5) is 5.13 Å². The first-order valence-electron chi connectivity index (χ1n) is 8.71. The zero-order valence-electron chi connectivity index (χ0n) is 15.3. The highest BCUT2D eigenvalue weighted by Crippen LogP contribution is 2.26. The Bertz CT molecular complexity index is 940. The van der Waals surface area contributed by atoms with Gasteiger partial charge < -0.3 is 16.0 Å². The van der Waals surface area contributed by atoms with Gasteiger partial charge in [-0.1, -0.05) is 47.7 Å². The SMILES string of the molecule is CNCC(=O)N[C@@H](Cc1ccccc1)C(=O)Nc1nc2ccc(C)cc2s1. The Balaban J connectivity index is 1.76. The van der Waals surface area contributed by atoms with Gasteiger partial charge in [-0.05, 0) is 37.2 Å². The van der Waals surface area contributed by atoms with Crippen molar-refractivity contribution < 1.29 is 9.59 Å². The number of carbonyl (C=O) groups is 2. The van der Waals surface area contributed by atoms with Gasteiger partial charge in [-0.25, -0.2) is 4.98 Å². The molecule has 6 nitrogen and oxygen atoms in total. The summed E-state index contributed by atoms with van der Waals surface area (Å²) in [6.07, 6.45) is 0.409. The summed E-state index contributed by atoms with van der Waals surface area (Å²) in [6, 6.07) is 14.9. The average Bonchev–Trinajstić information content (AvgIpc) is 3.03. The minimum absolute atomic E-state index is 0.152. The normalized spacial score (nSPS) is 11.9. The first-order chi connectivity index (χ1) is 13.0. The molecule has 3 aromatic rings. The van der Waals surface area contributed by atoms with Crippen molar-refractivity contribution in [2.75, 3.05) is 18.9 Å². The minimum atomic E-state index is -0.679. The summed E-state index contributed by atoms with van der Waals surface area (Å²) in [4.78, 5) is 29.3. The molecule has 0 bridgehead atoms. The second-order valence-electron chi connectivity index (χ2n) is 6.32. The van der Waals surface area contributed by atoms with Gasteiger partial charge >= 0.3 is 0 Å². The van der Waals surface area contributed by atoms with E-state index >= 15 is 0 Å². The molecule has 3 N–H and O–H groups in total. The van der Waals surface area contributed by atoms with Crippen LogP contribution >= 0.6 is 11.3 Å². The maximum atomic E-state index is 12.8. The molecule has 0 saturated heterocycles. The van der Waals surface area contributed by atoms with Gasteiger partial charge in [0.1, 0.15) is 6.04 Å². The van der Waals surface area contributed by atoms with E-state index in [0.29, 0.717) is 11.6 Å². The number of carbonyl (C=O) groups excluding carboxylic acids is 2. The zero-order valence-corrected chi connectivity index (χ0v) is 16.1. The van der Waals surface area contributed by atoms with Crippen LogP contribution in [0, 0.1) is 6.92 Å². The van der Waals surface area contributed by atoms with Crippen LogP contribution in [0.2, 0.25) is 0 Å². The van der Waals surface area contributed by atoms with E-state index in [9.17, 15) is 9.59 Å². The molecular formula is C20H22N4O2S. The number of amides is 2. The number of benzene rings is 2. The smallest absolute Gasteiger partial charge is 0.249 e. The number of rotatable bonds is 7. The van der Waals surface area contributed by atoms with Gasteiger partial charge in [0.15, 0.2) is 5.13 Å². The lowest BCUT2D eigenvalue weighted by molar-refractivity contribution is -0.125. The number of nitrogens with one attached hydrogen (secondary N) is 3. The number of nitrogens with zero attached hydrogens (tertiary/aromatic N) is 1. The summed E-state index contributed by atoms with van der Waals surface area (Å²) < 4.78 is 1.02. The van der Waals surface area contributed by atoms with Gasteiger partial charge in [0.25, 0.3) is 0 Å². The second-order valence-corrected chi connectivity index (χ2v) is 7.35. The number of aryl methyl sites for hydroxylation is 1. The molecular weight excluding hydrogens is 360 g/mol. The molecule has 1 aromatic heterocycles. The minimum Gasteiger partial charge on any atom is -0.343 e. The van der Waals surface area contributed by atoms with Crippen LogP contribution in [0.25, 0.3) is 10.2 Å². The molecule has 2 amide bonds. The van der Waals surface area contributed by atoms with Gasteiger partial charge in [0, 0.05) is 6.42 Å². The fourth-order valence-electron chi connectivity index (χ4n) is 2.74. The van der Waals surface area contributed by atoms with E-state index in [2.05, 4.69) is 20.9 Å². The quantitative estimate of drug-likeness (QED) is 0.586. The standard InChI is InChI=1S/C20H22N4O2S/c1-13-8-9-15-17(10-13)27-20(23-15)24-19(26)16(22-18(25)12-21-2)11-14-6-4-3-5-7-14/h3-10,16,21H,11-12H2,1-2H3,(H,22,25)(H,23,24,26)/t16-/m0/s1. The fraction of sp³-hybridized carbons (Fsp3) is 0.250. The molecule has 27 heavy (non-hydrogen) atoms. The summed E-state index contributed by atoms with van der Waals surface area (Å²) >= 11 is 1.42. The lowest BCUT2D eigenvalue weighted by Gasteiger charge is -2.18. The highest BCUT2D eigenvalue weighted by Gasteiger charge is 2.22. The number of hydrogen-bond acceptors (Lipinski definition) is 5. The first-order valence-corrected chi connectivity index (χ1v) is 9.53. The molecule has 2 aromatic carbocycles. The zero-order chi connectivity index (χ0) is 19.2. The number of thiazole rings is 1. The molecule has 0 aliphatic carbocycles. The van der Waals surface area contributed by atoms with E-state index in [1.807, 2.05) is 55.5 Å². The maximum absolute atomic E-state index is 12.8. The Morgan fingerprint density at radius 2 is 1.93 bits per heavy atom. The molecule has 0 fully saturated rings. The third kappa shape index (κ3) is 5.12. The van der Waals surface area contributed by atoms with Crippen molar-refractivity contribution in [2.45, 2.75) is 19.4 Å². The summed E-state index contributed by atoms with van der Waals surface area (Å²) in [5.41, 5.74) is 2.97. The summed E-state index contributed by atoms with van der Waals surface area (Å²) in [6.45, 7) is 2.17. The van der Waals surface area contributed by atoms with Crippen molar-refractivity contribution in [3.05, 3.63) is 59.7 Å². The first kappa shape index (κ1) is 19.0. The van der Waals surface area contributed by atoms with Crippen molar-refractivity contribution >= 4 is 38.5 Å². The van der Waals surface area contributed by atoms with Gasteiger partial charge in [-0.15, -0.1) is 0 Å². The molecule has 0 unspecified atom stereocenters. The Morgan fingerprint density at radius 3 is 2.67 bits per heavy atom. The van der Waals surface area contributed by atoms with E-state index in [4.69, 9.17) is 0 Å². The van der Waals surface area contributed by atoms with Crippen LogP contribution in [0.15, 0.2) is 48.5 Å². The highest BCUT2D eigenvalue weighted by molar-refractivity contribution is 7.22. The van der Waals surface area contributed by atoms with Crippen LogP contribution < -0.4 is 16.0 Å². The van der Waals surface area contributed by atoms with Crippen molar-refractivity contribution in [3.63, 3.8) is 0 Å². The van der Waals surface area contributed by atoms with Crippen molar-refractivity contribution in [3.8, 4) is 0 Å². The third-order valence-electron chi connectivity index (χ3n) is 4.05. The predicted molar refractivity (Wildman–Crippen MR) is 109 cm³/mol. The van der Waals surface area contributed by atoms with Crippen molar-refractivity contribution in [1.29, 1.82) is 0 Å². The number of aromatic nitrogens is 1. The van der Waals surface area contributed by atoms with E-state index < -0.39 is 6.04 Å².